The first-order valence-electron chi connectivity index (χ1n) is 9.98. The van der Waals surface area contributed by atoms with Crippen molar-refractivity contribution < 1.29 is 14.3 Å². The zero-order valence-corrected chi connectivity index (χ0v) is 21.0. The van der Waals surface area contributed by atoms with Crippen molar-refractivity contribution in [2.24, 2.45) is 4.99 Å². The lowest BCUT2D eigenvalue weighted by Crippen LogP contribution is -2.45. The fourth-order valence-electron chi connectivity index (χ4n) is 2.47. The molecule has 0 saturated carbocycles. The molecule has 30 heavy (non-hydrogen) atoms. The van der Waals surface area contributed by atoms with Crippen molar-refractivity contribution >= 4 is 41.9 Å². The second kappa shape index (κ2) is 14.9. The summed E-state index contributed by atoms with van der Waals surface area (Å²) in [5.74, 6) is 0.553. The molecule has 170 valence electrons. The molecular formula is C21H36IN5O3. The Morgan fingerprint density at radius 1 is 1.07 bits per heavy atom. The van der Waals surface area contributed by atoms with E-state index in [2.05, 4.69) is 20.9 Å². The number of alkyl carbamates (subject to hydrolysis) is 1. The van der Waals surface area contributed by atoms with Crippen molar-refractivity contribution in [3.63, 3.8) is 0 Å². The topological polar surface area (TPSA) is 95.1 Å². The molecule has 0 fully saturated rings. The molecule has 0 bridgehead atoms. The molecule has 0 heterocycles. The molecule has 0 aliphatic heterocycles. The quantitative estimate of drug-likeness (QED) is 0.197. The van der Waals surface area contributed by atoms with Gasteiger partial charge >= 0.3 is 6.09 Å². The summed E-state index contributed by atoms with van der Waals surface area (Å²) < 4.78 is 5.18. The van der Waals surface area contributed by atoms with Gasteiger partial charge in [0.05, 0.1) is 6.54 Å². The Morgan fingerprint density at radius 2 is 1.70 bits per heavy atom. The van der Waals surface area contributed by atoms with Crippen LogP contribution in [0.5, 0.6) is 0 Å². The molecule has 1 aromatic carbocycles. The molecule has 3 N–H and O–H groups in total. The molecule has 0 unspecified atom stereocenters. The van der Waals surface area contributed by atoms with E-state index in [9.17, 15) is 9.59 Å². The van der Waals surface area contributed by atoms with E-state index in [-0.39, 0.29) is 36.4 Å². The van der Waals surface area contributed by atoms with Gasteiger partial charge in [-0.2, -0.15) is 0 Å². The van der Waals surface area contributed by atoms with Crippen LogP contribution in [0.3, 0.4) is 0 Å². The number of hydrogen-bond acceptors (Lipinski definition) is 4. The average molecular weight is 533 g/mol. The summed E-state index contributed by atoms with van der Waals surface area (Å²) in [7, 11) is 1.65. The number of rotatable bonds is 9. The lowest BCUT2D eigenvalue weighted by molar-refractivity contribution is -0.130. The first-order chi connectivity index (χ1) is 13.7. The molecule has 0 saturated heterocycles. The largest absolute Gasteiger partial charge is 0.444 e. The van der Waals surface area contributed by atoms with E-state index in [0.717, 1.165) is 5.56 Å². The number of halogens is 1. The number of ether oxygens (including phenoxy) is 1. The summed E-state index contributed by atoms with van der Waals surface area (Å²) in [5, 5.41) is 8.87. The summed E-state index contributed by atoms with van der Waals surface area (Å²) in [4.78, 5) is 30.0. The smallest absolute Gasteiger partial charge is 0.407 e. The van der Waals surface area contributed by atoms with Crippen molar-refractivity contribution in [1.82, 2.24) is 20.9 Å². The number of amides is 2. The normalized spacial score (nSPS) is 11.2. The van der Waals surface area contributed by atoms with E-state index >= 15 is 0 Å². The van der Waals surface area contributed by atoms with Crippen molar-refractivity contribution in [2.75, 3.05) is 33.2 Å². The molecule has 1 rings (SSSR count). The maximum absolute atomic E-state index is 12.5. The fraction of sp³-hybridized carbons (Fsp3) is 0.571. The van der Waals surface area contributed by atoms with E-state index < -0.39 is 11.7 Å². The minimum absolute atomic E-state index is 0. The van der Waals surface area contributed by atoms with Gasteiger partial charge in [-0.1, -0.05) is 30.3 Å². The third-order valence-electron chi connectivity index (χ3n) is 3.90. The van der Waals surface area contributed by atoms with E-state index in [4.69, 9.17) is 4.74 Å². The molecule has 8 nitrogen and oxygen atoms in total. The highest BCUT2D eigenvalue weighted by Crippen LogP contribution is 2.06. The van der Waals surface area contributed by atoms with Crippen molar-refractivity contribution in [1.29, 1.82) is 0 Å². The molecule has 0 radical (unpaired) electrons. The van der Waals surface area contributed by atoms with Gasteiger partial charge in [0.1, 0.15) is 5.60 Å². The van der Waals surface area contributed by atoms with Gasteiger partial charge in [0.15, 0.2) is 5.96 Å². The highest BCUT2D eigenvalue weighted by atomic mass is 127. The minimum Gasteiger partial charge on any atom is -0.444 e. The van der Waals surface area contributed by atoms with Gasteiger partial charge in [0.2, 0.25) is 5.91 Å². The lowest BCUT2D eigenvalue weighted by atomic mass is 10.2. The molecule has 2 amide bonds. The zero-order valence-electron chi connectivity index (χ0n) is 18.7. The van der Waals surface area contributed by atoms with Gasteiger partial charge in [-0.25, -0.2) is 4.79 Å². The van der Waals surface area contributed by atoms with Crippen LogP contribution in [-0.4, -0.2) is 61.7 Å². The van der Waals surface area contributed by atoms with Crippen LogP contribution in [0, 0.1) is 0 Å². The zero-order chi connectivity index (χ0) is 21.7. The highest BCUT2D eigenvalue weighted by Gasteiger charge is 2.15. The number of aliphatic imine (C=N–C) groups is 1. The maximum atomic E-state index is 12.5. The second-order valence-corrected chi connectivity index (χ2v) is 7.53. The predicted molar refractivity (Wildman–Crippen MR) is 131 cm³/mol. The van der Waals surface area contributed by atoms with Gasteiger partial charge in [-0.3, -0.25) is 9.79 Å². The van der Waals surface area contributed by atoms with Crippen LogP contribution in [0.4, 0.5) is 4.79 Å². The fourth-order valence-corrected chi connectivity index (χ4v) is 2.47. The summed E-state index contributed by atoms with van der Waals surface area (Å²) in [6.45, 7) is 9.91. The Bertz CT molecular complexity index is 662. The van der Waals surface area contributed by atoms with E-state index in [1.165, 1.54) is 0 Å². The number of likely N-dealkylation sites (N-methyl/N-ethyl adjacent to an activating group) is 1. The van der Waals surface area contributed by atoms with Crippen LogP contribution >= 0.6 is 24.0 Å². The van der Waals surface area contributed by atoms with Crippen molar-refractivity contribution in [3.05, 3.63) is 35.9 Å². The molecule has 0 aliphatic rings. The number of hydrogen-bond donors (Lipinski definition) is 3. The Morgan fingerprint density at radius 3 is 2.27 bits per heavy atom. The summed E-state index contributed by atoms with van der Waals surface area (Å²) in [6.07, 6.45) is 0.270. The Labute approximate surface area is 197 Å². The number of benzene rings is 1. The maximum Gasteiger partial charge on any atom is 0.407 e. The summed E-state index contributed by atoms with van der Waals surface area (Å²) in [5.41, 5.74) is 0.593. The summed E-state index contributed by atoms with van der Waals surface area (Å²) in [6, 6.07) is 9.91. The third-order valence-corrected chi connectivity index (χ3v) is 3.90. The average Bonchev–Trinajstić information content (AvgIpc) is 2.67. The van der Waals surface area contributed by atoms with Crippen molar-refractivity contribution in [3.8, 4) is 0 Å². The minimum atomic E-state index is -0.506. The molecule has 0 aromatic heterocycles. The van der Waals surface area contributed by atoms with E-state index in [1.54, 1.807) is 11.9 Å². The summed E-state index contributed by atoms with van der Waals surface area (Å²) >= 11 is 0. The van der Waals surface area contributed by atoms with Gasteiger partial charge in [0, 0.05) is 33.2 Å². The van der Waals surface area contributed by atoms with Crippen molar-refractivity contribution in [2.45, 2.75) is 46.3 Å². The second-order valence-electron chi connectivity index (χ2n) is 7.53. The van der Waals surface area contributed by atoms with E-state index in [1.807, 2.05) is 58.0 Å². The number of nitrogens with one attached hydrogen (secondary N) is 3. The van der Waals surface area contributed by atoms with Gasteiger partial charge < -0.3 is 25.6 Å². The van der Waals surface area contributed by atoms with Crippen LogP contribution in [0.1, 0.15) is 39.7 Å². The molecule has 0 aliphatic carbocycles. The van der Waals surface area contributed by atoms with Crippen LogP contribution < -0.4 is 16.0 Å². The SMILES string of the molecule is CCN(Cc1ccccc1)C(=O)CNC(=NC)NCCCNC(=O)OC(C)(C)C.I. The highest BCUT2D eigenvalue weighted by molar-refractivity contribution is 14.0. The number of carbonyl (C=O) groups is 2. The Hall–Kier alpha value is -2.04. The van der Waals surface area contributed by atoms with Crippen LogP contribution in [0.2, 0.25) is 0 Å². The van der Waals surface area contributed by atoms with Crippen LogP contribution in [0.15, 0.2) is 35.3 Å². The van der Waals surface area contributed by atoms with Gasteiger partial charge in [0.25, 0.3) is 0 Å². The Balaban J connectivity index is 0.00000841. The van der Waals surface area contributed by atoms with E-state index in [0.29, 0.717) is 38.6 Å². The first kappa shape index (κ1) is 28.0. The van der Waals surface area contributed by atoms with Gasteiger partial charge in [-0.05, 0) is 39.7 Å². The van der Waals surface area contributed by atoms with Crippen LogP contribution in [0.25, 0.3) is 0 Å². The number of guanidine groups is 1. The Kier molecular flexibility index (Phi) is 13.9. The van der Waals surface area contributed by atoms with Crippen LogP contribution in [-0.2, 0) is 16.1 Å². The number of nitrogens with zero attached hydrogens (tertiary/aromatic N) is 2. The molecule has 0 atom stereocenters. The predicted octanol–water partition coefficient (Wildman–Crippen LogP) is 2.73. The molecular weight excluding hydrogens is 497 g/mol. The molecule has 1 aromatic rings. The number of carbonyl (C=O) groups excluding carboxylic acids is 2. The molecule has 9 heteroatoms. The first-order valence-corrected chi connectivity index (χ1v) is 9.98. The third kappa shape index (κ3) is 12.5. The van der Waals surface area contributed by atoms with Gasteiger partial charge in [-0.15, -0.1) is 24.0 Å². The lowest BCUT2D eigenvalue weighted by Gasteiger charge is -2.22. The standard InChI is InChI=1S/C21H35N5O3.HI/c1-6-26(16-17-11-8-7-9-12-17)18(27)15-25-19(22-5)23-13-10-14-24-20(28)29-21(2,3)4;/h7-9,11-12H,6,10,13-16H2,1-5H3,(H,24,28)(H2,22,23,25);1H. The molecule has 0 spiro atoms. The monoisotopic (exact) mass is 533 g/mol.